The third-order valence-electron chi connectivity index (χ3n) is 2.55. The van der Waals surface area contributed by atoms with E-state index >= 15 is 0 Å². The number of hydrogen-bond donors (Lipinski definition) is 4. The van der Waals surface area contributed by atoms with Crippen LogP contribution in [0.5, 0.6) is 0 Å². The number of aliphatic hydroxyl groups is 2. The lowest BCUT2D eigenvalue weighted by Crippen LogP contribution is -2.53. The van der Waals surface area contributed by atoms with Gasteiger partial charge < -0.3 is 20.1 Å². The van der Waals surface area contributed by atoms with Crippen LogP contribution in [-0.2, 0) is 4.74 Å². The molecule has 0 aromatic heterocycles. The predicted octanol–water partition coefficient (Wildman–Crippen LogP) is -0.642. The molecular weight excluding hydrogens is 248 g/mol. The Labute approximate surface area is 101 Å². The number of carbonyl (C=O) groups is 1. The molecule has 2 aliphatic rings. The highest BCUT2D eigenvalue weighted by molar-refractivity contribution is 8.14. The van der Waals surface area contributed by atoms with E-state index in [0.717, 1.165) is 11.8 Å². The maximum atomic E-state index is 10.5. The highest BCUT2D eigenvalue weighted by Gasteiger charge is 2.47. The molecule has 1 fully saturated rings. The summed E-state index contributed by atoms with van der Waals surface area (Å²) in [6.45, 7) is 3.50. The molecule has 0 unspecified atom stereocenters. The molecule has 0 saturated carbocycles. The fourth-order valence-corrected chi connectivity index (χ4v) is 2.83. The Morgan fingerprint density at radius 1 is 1.53 bits per heavy atom. The van der Waals surface area contributed by atoms with Crippen LogP contribution in [0, 0.1) is 0 Å². The molecule has 4 N–H and O–H groups in total. The molecule has 8 heteroatoms. The Hall–Kier alpha value is -1.09. The van der Waals surface area contributed by atoms with Crippen molar-refractivity contribution >= 4 is 23.0 Å². The molecule has 94 valence electrons. The smallest absolute Gasteiger partial charge is 0.410 e. The zero-order valence-corrected chi connectivity index (χ0v) is 9.50. The van der Waals surface area contributed by atoms with Crippen LogP contribution in [0.2, 0.25) is 0 Å². The number of aliphatic hydroxyl groups excluding tert-OH is 2. The molecule has 5 atom stereocenters. The molecular formula is C9H12N2O5S. The molecule has 2 heterocycles. The SMILES string of the molecule is C=C[C@H]1O[C@@H]2SC(NC(=O)O)=N[C@@H]2[C@@H](O)[C@@H]1O. The average Bonchev–Trinajstić information content (AvgIpc) is 2.65. The topological polar surface area (TPSA) is 111 Å². The summed E-state index contributed by atoms with van der Waals surface area (Å²) in [4.78, 5) is 14.4. The van der Waals surface area contributed by atoms with E-state index in [9.17, 15) is 15.0 Å². The number of fused-ring (bicyclic) bond motifs is 1. The fraction of sp³-hybridized carbons (Fsp3) is 0.556. The molecule has 1 saturated heterocycles. The number of nitrogens with zero attached hydrogens (tertiary/aromatic N) is 1. The lowest BCUT2D eigenvalue weighted by Gasteiger charge is -2.36. The molecule has 0 aliphatic carbocycles. The summed E-state index contributed by atoms with van der Waals surface area (Å²) in [5.41, 5.74) is -0.516. The monoisotopic (exact) mass is 260 g/mol. The van der Waals surface area contributed by atoms with Crippen molar-refractivity contribution in [2.24, 2.45) is 4.99 Å². The van der Waals surface area contributed by atoms with Crippen molar-refractivity contribution in [3.63, 3.8) is 0 Å². The summed E-state index contributed by atoms with van der Waals surface area (Å²) in [7, 11) is 0. The van der Waals surface area contributed by atoms with E-state index in [1.54, 1.807) is 0 Å². The molecule has 2 aliphatic heterocycles. The van der Waals surface area contributed by atoms with Crippen molar-refractivity contribution in [1.29, 1.82) is 0 Å². The van der Waals surface area contributed by atoms with E-state index in [2.05, 4.69) is 16.9 Å². The summed E-state index contributed by atoms with van der Waals surface area (Å²) < 4.78 is 5.44. The summed E-state index contributed by atoms with van der Waals surface area (Å²) >= 11 is 1.06. The number of amidine groups is 1. The minimum absolute atomic E-state index is 0.156. The largest absolute Gasteiger partial charge is 0.465 e. The number of carboxylic acid groups (broad SMARTS) is 1. The van der Waals surface area contributed by atoms with Crippen molar-refractivity contribution in [2.45, 2.75) is 29.8 Å². The maximum absolute atomic E-state index is 10.5. The fourth-order valence-electron chi connectivity index (χ4n) is 1.73. The van der Waals surface area contributed by atoms with Gasteiger partial charge in [0.2, 0.25) is 0 Å². The lowest BCUT2D eigenvalue weighted by molar-refractivity contribution is -0.135. The van der Waals surface area contributed by atoms with Crippen molar-refractivity contribution in [2.75, 3.05) is 0 Å². The molecule has 0 aromatic rings. The van der Waals surface area contributed by atoms with Crippen molar-refractivity contribution < 1.29 is 24.9 Å². The van der Waals surface area contributed by atoms with Gasteiger partial charge in [0, 0.05) is 0 Å². The second kappa shape index (κ2) is 4.65. The first-order valence-electron chi connectivity index (χ1n) is 4.91. The van der Waals surface area contributed by atoms with E-state index in [4.69, 9.17) is 9.84 Å². The Balaban J connectivity index is 2.11. The molecule has 7 nitrogen and oxygen atoms in total. The minimum Gasteiger partial charge on any atom is -0.465 e. The van der Waals surface area contributed by atoms with E-state index in [0.29, 0.717) is 0 Å². The third-order valence-corrected chi connectivity index (χ3v) is 3.60. The van der Waals surface area contributed by atoms with Crippen molar-refractivity contribution in [3.05, 3.63) is 12.7 Å². The standard InChI is InChI=1S/C9H12N2O5S/c1-2-3-5(12)6(13)4-7(16-3)17-8(10-4)11-9(14)15/h2-7,12-13H,1H2,(H,10,11)(H,14,15)/t3-,4-,5-,6-,7-/m1/s1. The molecule has 0 radical (unpaired) electrons. The number of nitrogens with one attached hydrogen (secondary N) is 1. The van der Waals surface area contributed by atoms with E-state index in [1.165, 1.54) is 6.08 Å². The molecule has 0 bridgehead atoms. The summed E-state index contributed by atoms with van der Waals surface area (Å²) in [5.74, 6) is 0. The molecule has 0 aromatic carbocycles. The molecule has 0 spiro atoms. The van der Waals surface area contributed by atoms with Crippen LogP contribution in [0.1, 0.15) is 0 Å². The maximum Gasteiger partial charge on any atom is 0.410 e. The van der Waals surface area contributed by atoms with E-state index in [1.807, 2.05) is 0 Å². The zero-order chi connectivity index (χ0) is 12.6. The first-order valence-corrected chi connectivity index (χ1v) is 5.79. The van der Waals surface area contributed by atoms with Gasteiger partial charge in [0.25, 0.3) is 0 Å². The number of thioether (sulfide) groups is 1. The zero-order valence-electron chi connectivity index (χ0n) is 8.68. The number of aliphatic imine (C=N–C) groups is 1. The number of hydrogen-bond acceptors (Lipinski definition) is 6. The Kier molecular flexibility index (Phi) is 3.38. The van der Waals surface area contributed by atoms with Gasteiger partial charge in [-0.05, 0) is 0 Å². The van der Waals surface area contributed by atoms with Gasteiger partial charge in [-0.2, -0.15) is 0 Å². The third kappa shape index (κ3) is 2.29. The van der Waals surface area contributed by atoms with Gasteiger partial charge in [-0.25, -0.2) is 4.79 Å². The van der Waals surface area contributed by atoms with Crippen LogP contribution in [0.3, 0.4) is 0 Å². The summed E-state index contributed by atoms with van der Waals surface area (Å²) in [6, 6.07) is -0.673. The Morgan fingerprint density at radius 3 is 2.82 bits per heavy atom. The van der Waals surface area contributed by atoms with Crippen LogP contribution in [0.25, 0.3) is 0 Å². The highest BCUT2D eigenvalue weighted by atomic mass is 32.2. The van der Waals surface area contributed by atoms with Gasteiger partial charge in [0.05, 0.1) is 0 Å². The van der Waals surface area contributed by atoms with Crippen LogP contribution in [-0.4, -0.2) is 56.4 Å². The van der Waals surface area contributed by atoms with Crippen LogP contribution in [0.15, 0.2) is 17.6 Å². The predicted molar refractivity (Wildman–Crippen MR) is 60.8 cm³/mol. The Morgan fingerprint density at radius 2 is 2.24 bits per heavy atom. The molecule has 17 heavy (non-hydrogen) atoms. The average molecular weight is 260 g/mol. The normalized spacial score (nSPS) is 40.4. The van der Waals surface area contributed by atoms with E-state index < -0.39 is 35.9 Å². The number of rotatable bonds is 1. The minimum atomic E-state index is -1.23. The van der Waals surface area contributed by atoms with Crippen molar-refractivity contribution in [1.82, 2.24) is 5.32 Å². The van der Waals surface area contributed by atoms with Gasteiger partial charge in [-0.1, -0.05) is 17.8 Å². The lowest BCUT2D eigenvalue weighted by atomic mass is 9.98. The highest BCUT2D eigenvalue weighted by Crippen LogP contribution is 2.35. The van der Waals surface area contributed by atoms with Crippen LogP contribution >= 0.6 is 11.8 Å². The van der Waals surface area contributed by atoms with Gasteiger partial charge in [-0.15, -0.1) is 6.58 Å². The second-order valence-electron chi connectivity index (χ2n) is 3.66. The quantitative estimate of drug-likeness (QED) is 0.467. The number of ether oxygens (including phenoxy) is 1. The van der Waals surface area contributed by atoms with E-state index in [-0.39, 0.29) is 5.17 Å². The van der Waals surface area contributed by atoms with Crippen LogP contribution in [0.4, 0.5) is 4.79 Å². The van der Waals surface area contributed by atoms with Gasteiger partial charge in [0.1, 0.15) is 29.8 Å². The molecule has 1 amide bonds. The van der Waals surface area contributed by atoms with Crippen molar-refractivity contribution in [3.8, 4) is 0 Å². The van der Waals surface area contributed by atoms with Crippen LogP contribution < -0.4 is 5.32 Å². The number of amides is 1. The van der Waals surface area contributed by atoms with Gasteiger partial charge in [-0.3, -0.25) is 10.3 Å². The second-order valence-corrected chi connectivity index (χ2v) is 4.75. The molecule has 2 rings (SSSR count). The van der Waals surface area contributed by atoms with Gasteiger partial charge >= 0.3 is 6.09 Å². The first-order chi connectivity index (χ1) is 8.02. The van der Waals surface area contributed by atoms with Gasteiger partial charge in [0.15, 0.2) is 5.17 Å². The summed E-state index contributed by atoms with van der Waals surface area (Å²) in [6.07, 6.45) is -2.73. The summed E-state index contributed by atoms with van der Waals surface area (Å²) in [5, 5.41) is 30.3. The first kappa shape index (κ1) is 12.4. The Bertz CT molecular complexity index is 374.